The number of pyridine rings is 1. The van der Waals surface area contributed by atoms with Crippen molar-refractivity contribution in [2.24, 2.45) is 0 Å². The lowest BCUT2D eigenvalue weighted by atomic mass is 10.1. The van der Waals surface area contributed by atoms with E-state index in [0.717, 1.165) is 26.7 Å². The van der Waals surface area contributed by atoms with Gasteiger partial charge in [0.05, 0.1) is 11.1 Å². The molecule has 0 unspecified atom stereocenters. The summed E-state index contributed by atoms with van der Waals surface area (Å²) in [5, 5.41) is 0.755. The van der Waals surface area contributed by atoms with Gasteiger partial charge in [-0.1, -0.05) is 46.3 Å². The Kier molecular flexibility index (Phi) is 4.77. The first-order valence-corrected chi connectivity index (χ1v) is 9.27. The molecule has 0 aliphatic carbocycles. The summed E-state index contributed by atoms with van der Waals surface area (Å²) in [6, 6.07) is 20.6. The van der Waals surface area contributed by atoms with Gasteiger partial charge < -0.3 is 9.15 Å². The van der Waals surface area contributed by atoms with Gasteiger partial charge in [0, 0.05) is 9.86 Å². The fourth-order valence-corrected chi connectivity index (χ4v) is 3.11. The van der Waals surface area contributed by atoms with Gasteiger partial charge in [-0.3, -0.25) is 0 Å². The minimum atomic E-state index is -0.388. The molecule has 0 bridgehead atoms. The van der Waals surface area contributed by atoms with Gasteiger partial charge in [0.1, 0.15) is 18.1 Å². The van der Waals surface area contributed by atoms with E-state index in [1.807, 2.05) is 67.6 Å². The lowest BCUT2D eigenvalue weighted by molar-refractivity contribution is 0.0475. The quantitative estimate of drug-likeness (QED) is 0.383. The molecule has 0 radical (unpaired) electrons. The lowest BCUT2D eigenvalue weighted by Gasteiger charge is -2.09. The molecule has 2 heterocycles. The third-order valence-electron chi connectivity index (χ3n) is 4.21. The van der Waals surface area contributed by atoms with E-state index in [9.17, 15) is 4.79 Å². The molecule has 4 aromatic rings. The molecule has 0 saturated carbocycles. The van der Waals surface area contributed by atoms with Gasteiger partial charge in [0.2, 0.25) is 0 Å². The standard InChI is InChI=1S/C22H16BrNO3/c1-14-6-11-21(27-14)20-12-18(17-4-2-3-5-19(17)24-20)22(25)26-13-15-7-9-16(23)10-8-15/h2-12H,13H2,1H3. The van der Waals surface area contributed by atoms with Gasteiger partial charge in [-0.15, -0.1) is 0 Å². The molecule has 27 heavy (non-hydrogen) atoms. The molecule has 2 aromatic carbocycles. The summed E-state index contributed by atoms with van der Waals surface area (Å²) in [7, 11) is 0. The van der Waals surface area contributed by atoms with Crippen LogP contribution in [0.1, 0.15) is 21.7 Å². The minimum absolute atomic E-state index is 0.206. The van der Waals surface area contributed by atoms with Crippen molar-refractivity contribution in [1.82, 2.24) is 4.98 Å². The van der Waals surface area contributed by atoms with E-state index in [-0.39, 0.29) is 12.6 Å². The molecule has 4 rings (SSSR count). The smallest absolute Gasteiger partial charge is 0.339 e. The van der Waals surface area contributed by atoms with E-state index in [1.54, 1.807) is 6.07 Å². The van der Waals surface area contributed by atoms with Crippen molar-refractivity contribution in [3.63, 3.8) is 0 Å². The van der Waals surface area contributed by atoms with Crippen LogP contribution < -0.4 is 0 Å². The first kappa shape index (κ1) is 17.5. The maximum absolute atomic E-state index is 12.8. The zero-order valence-electron chi connectivity index (χ0n) is 14.6. The van der Waals surface area contributed by atoms with Crippen molar-refractivity contribution in [3.8, 4) is 11.5 Å². The van der Waals surface area contributed by atoms with Gasteiger partial charge in [-0.25, -0.2) is 9.78 Å². The van der Waals surface area contributed by atoms with Crippen LogP contribution in [0.4, 0.5) is 0 Å². The topological polar surface area (TPSA) is 52.3 Å². The second-order valence-electron chi connectivity index (χ2n) is 6.19. The van der Waals surface area contributed by atoms with Crippen LogP contribution in [0.25, 0.3) is 22.4 Å². The number of hydrogen-bond acceptors (Lipinski definition) is 4. The third kappa shape index (κ3) is 3.78. The molecule has 0 aliphatic rings. The molecule has 0 amide bonds. The molecule has 0 fully saturated rings. The second-order valence-corrected chi connectivity index (χ2v) is 7.10. The summed E-state index contributed by atoms with van der Waals surface area (Å²) in [4.78, 5) is 17.4. The molecule has 0 N–H and O–H groups in total. The number of para-hydroxylation sites is 1. The molecule has 0 spiro atoms. The molecule has 5 heteroatoms. The summed E-state index contributed by atoms with van der Waals surface area (Å²) in [6.45, 7) is 2.08. The Morgan fingerprint density at radius 3 is 2.59 bits per heavy atom. The van der Waals surface area contributed by atoms with Crippen molar-refractivity contribution in [2.75, 3.05) is 0 Å². The summed E-state index contributed by atoms with van der Waals surface area (Å²) < 4.78 is 12.2. The molecule has 0 atom stereocenters. The molecule has 0 saturated heterocycles. The van der Waals surface area contributed by atoms with Crippen LogP contribution in [0, 0.1) is 6.92 Å². The Labute approximate surface area is 164 Å². The monoisotopic (exact) mass is 421 g/mol. The van der Waals surface area contributed by atoms with Gasteiger partial charge in [0.25, 0.3) is 0 Å². The highest BCUT2D eigenvalue weighted by Gasteiger charge is 2.16. The van der Waals surface area contributed by atoms with E-state index >= 15 is 0 Å². The summed E-state index contributed by atoms with van der Waals surface area (Å²) >= 11 is 3.40. The Morgan fingerprint density at radius 1 is 1.07 bits per heavy atom. The normalized spacial score (nSPS) is 10.9. The average molecular weight is 422 g/mol. The molecular weight excluding hydrogens is 406 g/mol. The van der Waals surface area contributed by atoms with E-state index in [2.05, 4.69) is 20.9 Å². The number of carbonyl (C=O) groups is 1. The predicted molar refractivity (Wildman–Crippen MR) is 107 cm³/mol. The molecule has 4 nitrogen and oxygen atoms in total. The Hall–Kier alpha value is -2.92. The number of aryl methyl sites for hydroxylation is 1. The zero-order valence-corrected chi connectivity index (χ0v) is 16.2. The number of rotatable bonds is 4. The van der Waals surface area contributed by atoms with Crippen molar-refractivity contribution in [2.45, 2.75) is 13.5 Å². The minimum Gasteiger partial charge on any atom is -0.460 e. The summed E-state index contributed by atoms with van der Waals surface area (Å²) in [5.41, 5.74) is 2.73. The summed E-state index contributed by atoms with van der Waals surface area (Å²) in [6.07, 6.45) is 0. The van der Waals surface area contributed by atoms with Gasteiger partial charge in [0.15, 0.2) is 5.76 Å². The van der Waals surface area contributed by atoms with Crippen LogP contribution in [0.2, 0.25) is 0 Å². The first-order chi connectivity index (χ1) is 13.1. The Bertz CT molecular complexity index is 1120. The van der Waals surface area contributed by atoms with E-state index in [4.69, 9.17) is 9.15 Å². The molecule has 0 aliphatic heterocycles. The van der Waals surface area contributed by atoms with Crippen molar-refractivity contribution >= 4 is 32.8 Å². The van der Waals surface area contributed by atoms with Gasteiger partial charge >= 0.3 is 5.97 Å². The molecule has 2 aromatic heterocycles. The molecular formula is C22H16BrNO3. The number of halogens is 1. The third-order valence-corrected chi connectivity index (χ3v) is 4.74. The first-order valence-electron chi connectivity index (χ1n) is 8.48. The van der Waals surface area contributed by atoms with Crippen molar-refractivity contribution < 1.29 is 13.9 Å². The highest BCUT2D eigenvalue weighted by Crippen LogP contribution is 2.27. The number of nitrogens with zero attached hydrogens (tertiary/aromatic N) is 1. The number of benzene rings is 2. The lowest BCUT2D eigenvalue weighted by Crippen LogP contribution is -2.07. The van der Waals surface area contributed by atoms with Gasteiger partial charge in [-0.05, 0) is 48.9 Å². The number of aromatic nitrogens is 1. The van der Waals surface area contributed by atoms with Crippen LogP contribution >= 0.6 is 15.9 Å². The maximum Gasteiger partial charge on any atom is 0.339 e. The predicted octanol–water partition coefficient (Wildman–Crippen LogP) is 5.92. The number of ether oxygens (including phenoxy) is 1. The number of fused-ring (bicyclic) bond motifs is 1. The largest absolute Gasteiger partial charge is 0.460 e. The van der Waals surface area contributed by atoms with Crippen LogP contribution in [-0.2, 0) is 11.3 Å². The highest BCUT2D eigenvalue weighted by molar-refractivity contribution is 9.10. The maximum atomic E-state index is 12.8. The Morgan fingerprint density at radius 2 is 1.85 bits per heavy atom. The number of carbonyl (C=O) groups excluding carboxylic acids is 1. The van der Waals surface area contributed by atoms with E-state index < -0.39 is 0 Å². The van der Waals surface area contributed by atoms with Crippen LogP contribution in [0.5, 0.6) is 0 Å². The summed E-state index contributed by atoms with van der Waals surface area (Å²) in [5.74, 6) is 1.03. The SMILES string of the molecule is Cc1ccc(-c2cc(C(=O)OCc3ccc(Br)cc3)c3ccccc3n2)o1. The number of hydrogen-bond donors (Lipinski definition) is 0. The van der Waals surface area contributed by atoms with E-state index in [1.165, 1.54) is 0 Å². The van der Waals surface area contributed by atoms with Crippen LogP contribution in [-0.4, -0.2) is 11.0 Å². The van der Waals surface area contributed by atoms with Crippen LogP contribution in [0.15, 0.2) is 75.6 Å². The number of furan rings is 1. The highest BCUT2D eigenvalue weighted by atomic mass is 79.9. The Balaban J connectivity index is 1.68. The van der Waals surface area contributed by atoms with Gasteiger partial charge in [-0.2, -0.15) is 0 Å². The average Bonchev–Trinajstić information content (AvgIpc) is 3.13. The zero-order chi connectivity index (χ0) is 18.8. The second kappa shape index (κ2) is 7.37. The fraction of sp³-hybridized carbons (Fsp3) is 0.0909. The van der Waals surface area contributed by atoms with E-state index in [0.29, 0.717) is 17.0 Å². The van der Waals surface area contributed by atoms with Crippen molar-refractivity contribution in [3.05, 3.63) is 88.1 Å². The fourth-order valence-electron chi connectivity index (χ4n) is 2.85. The van der Waals surface area contributed by atoms with Crippen molar-refractivity contribution in [1.29, 1.82) is 0 Å². The number of esters is 1. The van der Waals surface area contributed by atoms with Crippen LogP contribution in [0.3, 0.4) is 0 Å². The molecule has 134 valence electrons.